The molecule has 0 aromatic heterocycles. The van der Waals surface area contributed by atoms with Crippen molar-refractivity contribution < 1.29 is 13.6 Å². The van der Waals surface area contributed by atoms with Crippen molar-refractivity contribution in [1.29, 1.82) is 0 Å². The molecule has 1 rings (SSSR count). The molecule has 2 N–H and O–H groups in total. The van der Waals surface area contributed by atoms with Gasteiger partial charge in [-0.2, -0.15) is 0 Å². The highest BCUT2D eigenvalue weighted by molar-refractivity contribution is 5.85. The van der Waals surface area contributed by atoms with Crippen LogP contribution in [0.3, 0.4) is 0 Å². The number of benzene rings is 1. The van der Waals surface area contributed by atoms with Crippen molar-refractivity contribution >= 4 is 18.3 Å². The van der Waals surface area contributed by atoms with Gasteiger partial charge < -0.3 is 10.6 Å². The number of carbonyl (C=O) groups excluding carboxylic acids is 1. The van der Waals surface area contributed by atoms with E-state index in [-0.39, 0.29) is 30.3 Å². The summed E-state index contributed by atoms with van der Waals surface area (Å²) in [5.41, 5.74) is 0.0750. The molecule has 0 fully saturated rings. The second-order valence-electron chi connectivity index (χ2n) is 3.62. The lowest BCUT2D eigenvalue weighted by Crippen LogP contribution is -2.32. The molecule has 1 aromatic rings. The van der Waals surface area contributed by atoms with Crippen molar-refractivity contribution in [3.05, 3.63) is 35.4 Å². The van der Waals surface area contributed by atoms with Gasteiger partial charge in [0.1, 0.15) is 11.6 Å². The normalized spacial score (nSPS) is 9.72. The van der Waals surface area contributed by atoms with Gasteiger partial charge in [-0.25, -0.2) is 8.78 Å². The van der Waals surface area contributed by atoms with Gasteiger partial charge >= 0.3 is 0 Å². The van der Waals surface area contributed by atoms with E-state index in [9.17, 15) is 13.6 Å². The van der Waals surface area contributed by atoms with Gasteiger partial charge in [-0.3, -0.25) is 4.79 Å². The first-order valence-electron chi connectivity index (χ1n) is 5.54. The molecule has 18 heavy (non-hydrogen) atoms. The Morgan fingerprint density at radius 2 is 2.00 bits per heavy atom. The highest BCUT2D eigenvalue weighted by Crippen LogP contribution is 2.10. The quantitative estimate of drug-likeness (QED) is 0.777. The van der Waals surface area contributed by atoms with E-state index >= 15 is 0 Å². The van der Waals surface area contributed by atoms with Crippen molar-refractivity contribution in [1.82, 2.24) is 10.6 Å². The Balaban J connectivity index is 0.00000289. The summed E-state index contributed by atoms with van der Waals surface area (Å²) in [6.07, 6.45) is -0.143. The summed E-state index contributed by atoms with van der Waals surface area (Å²) < 4.78 is 26.1. The molecule has 102 valence electrons. The van der Waals surface area contributed by atoms with Gasteiger partial charge in [0.05, 0.1) is 6.42 Å². The number of halogens is 3. The molecule has 0 aliphatic carbocycles. The molecule has 0 radical (unpaired) electrons. The number of hydrogen-bond acceptors (Lipinski definition) is 2. The van der Waals surface area contributed by atoms with Gasteiger partial charge in [-0.05, 0) is 24.7 Å². The molecule has 0 atom stereocenters. The second kappa shape index (κ2) is 8.83. The second-order valence-corrected chi connectivity index (χ2v) is 3.62. The van der Waals surface area contributed by atoms with Crippen LogP contribution < -0.4 is 10.6 Å². The van der Waals surface area contributed by atoms with Gasteiger partial charge in [0.2, 0.25) is 5.91 Å². The van der Waals surface area contributed by atoms with Crippen LogP contribution in [0.4, 0.5) is 8.78 Å². The fourth-order valence-corrected chi connectivity index (χ4v) is 1.38. The van der Waals surface area contributed by atoms with E-state index in [0.717, 1.165) is 24.7 Å². The van der Waals surface area contributed by atoms with Crippen molar-refractivity contribution in [3.8, 4) is 0 Å². The summed E-state index contributed by atoms with van der Waals surface area (Å²) in [6, 6.07) is 3.09. The lowest BCUT2D eigenvalue weighted by atomic mass is 10.1. The van der Waals surface area contributed by atoms with Gasteiger partial charge in [0, 0.05) is 18.7 Å². The monoisotopic (exact) mass is 278 g/mol. The van der Waals surface area contributed by atoms with Crippen molar-refractivity contribution in [2.24, 2.45) is 0 Å². The first kappa shape index (κ1) is 16.8. The van der Waals surface area contributed by atoms with E-state index < -0.39 is 11.6 Å². The van der Waals surface area contributed by atoms with Gasteiger partial charge in [-0.1, -0.05) is 6.92 Å². The van der Waals surface area contributed by atoms with Crippen LogP contribution in [0.5, 0.6) is 0 Å². The summed E-state index contributed by atoms with van der Waals surface area (Å²) in [7, 11) is 0. The van der Waals surface area contributed by atoms with Crippen LogP contribution >= 0.6 is 12.4 Å². The predicted molar refractivity (Wildman–Crippen MR) is 68.9 cm³/mol. The lowest BCUT2D eigenvalue weighted by Gasteiger charge is -2.06. The zero-order valence-corrected chi connectivity index (χ0v) is 10.9. The molecule has 0 unspecified atom stereocenters. The molecule has 1 aromatic carbocycles. The third-order valence-corrected chi connectivity index (χ3v) is 2.23. The Morgan fingerprint density at radius 3 is 2.67 bits per heavy atom. The molecular formula is C12H17ClF2N2O. The molecule has 0 aliphatic rings. The molecule has 0 heterocycles. The maximum absolute atomic E-state index is 13.2. The fraction of sp³-hybridized carbons (Fsp3) is 0.417. The minimum absolute atomic E-state index is 0. The Bertz CT molecular complexity index is 388. The number of likely N-dealkylation sites (N-methyl/N-ethyl adjacent to an activating group) is 1. The van der Waals surface area contributed by atoms with Crippen molar-refractivity contribution in [2.45, 2.75) is 13.3 Å². The number of hydrogen-bond donors (Lipinski definition) is 2. The molecule has 0 spiro atoms. The van der Waals surface area contributed by atoms with E-state index in [4.69, 9.17) is 0 Å². The first-order chi connectivity index (χ1) is 8.13. The van der Waals surface area contributed by atoms with Crippen LogP contribution in [-0.2, 0) is 11.2 Å². The fourth-order valence-electron chi connectivity index (χ4n) is 1.38. The van der Waals surface area contributed by atoms with Crippen molar-refractivity contribution in [2.75, 3.05) is 19.6 Å². The average molecular weight is 279 g/mol. The average Bonchev–Trinajstić information content (AvgIpc) is 2.29. The zero-order chi connectivity index (χ0) is 12.7. The summed E-state index contributed by atoms with van der Waals surface area (Å²) in [5, 5.41) is 5.66. The standard InChI is InChI=1S/C12H16F2N2O.ClH/c1-2-15-5-6-16-12(17)8-9-7-10(13)3-4-11(9)14;/h3-4,7,15H,2,5-6,8H2,1H3,(H,16,17);1H. The van der Waals surface area contributed by atoms with Crippen LogP contribution in [-0.4, -0.2) is 25.5 Å². The highest BCUT2D eigenvalue weighted by atomic mass is 35.5. The van der Waals surface area contributed by atoms with Crippen molar-refractivity contribution in [3.63, 3.8) is 0 Å². The van der Waals surface area contributed by atoms with Crippen LogP contribution in [0.15, 0.2) is 18.2 Å². The minimum Gasteiger partial charge on any atom is -0.355 e. The van der Waals surface area contributed by atoms with Gasteiger partial charge in [0.25, 0.3) is 0 Å². The topological polar surface area (TPSA) is 41.1 Å². The Morgan fingerprint density at radius 1 is 1.28 bits per heavy atom. The summed E-state index contributed by atoms with van der Waals surface area (Å²) in [5.74, 6) is -1.41. The Hall–Kier alpha value is -1.20. The smallest absolute Gasteiger partial charge is 0.224 e. The predicted octanol–water partition coefficient (Wildman–Crippen LogP) is 1.65. The number of nitrogens with one attached hydrogen (secondary N) is 2. The number of amides is 1. The minimum atomic E-state index is -0.562. The maximum Gasteiger partial charge on any atom is 0.224 e. The van der Waals surface area contributed by atoms with E-state index in [1.54, 1.807) is 0 Å². The lowest BCUT2D eigenvalue weighted by molar-refractivity contribution is -0.120. The first-order valence-corrected chi connectivity index (χ1v) is 5.54. The molecule has 0 aliphatic heterocycles. The van der Waals surface area contributed by atoms with Crippen LogP contribution in [0.2, 0.25) is 0 Å². The maximum atomic E-state index is 13.2. The summed E-state index contributed by atoms with van der Waals surface area (Å²) >= 11 is 0. The van der Waals surface area contributed by atoms with E-state index in [0.29, 0.717) is 13.1 Å². The SMILES string of the molecule is CCNCCNC(=O)Cc1cc(F)ccc1F.Cl. The molecular weight excluding hydrogens is 262 g/mol. The number of carbonyl (C=O) groups is 1. The summed E-state index contributed by atoms with van der Waals surface area (Å²) in [4.78, 5) is 11.4. The van der Waals surface area contributed by atoms with E-state index in [1.165, 1.54) is 0 Å². The highest BCUT2D eigenvalue weighted by Gasteiger charge is 2.08. The summed E-state index contributed by atoms with van der Waals surface area (Å²) in [6.45, 7) is 3.93. The number of rotatable bonds is 6. The van der Waals surface area contributed by atoms with Gasteiger partial charge in [0.15, 0.2) is 0 Å². The molecule has 1 amide bonds. The van der Waals surface area contributed by atoms with Crippen LogP contribution in [0, 0.1) is 11.6 Å². The van der Waals surface area contributed by atoms with Crippen LogP contribution in [0.25, 0.3) is 0 Å². The van der Waals surface area contributed by atoms with E-state index in [2.05, 4.69) is 10.6 Å². The molecule has 0 saturated carbocycles. The Labute approximate surface area is 111 Å². The Kier molecular flexibility index (Phi) is 8.24. The molecule has 0 bridgehead atoms. The van der Waals surface area contributed by atoms with Gasteiger partial charge in [-0.15, -0.1) is 12.4 Å². The third-order valence-electron chi connectivity index (χ3n) is 2.23. The molecule has 0 saturated heterocycles. The largest absolute Gasteiger partial charge is 0.355 e. The third kappa shape index (κ3) is 5.93. The van der Waals surface area contributed by atoms with E-state index in [1.807, 2.05) is 6.92 Å². The molecule has 6 heteroatoms. The van der Waals surface area contributed by atoms with Crippen LogP contribution in [0.1, 0.15) is 12.5 Å². The zero-order valence-electron chi connectivity index (χ0n) is 10.1. The molecule has 3 nitrogen and oxygen atoms in total.